The van der Waals surface area contributed by atoms with Crippen LogP contribution in [0.5, 0.6) is 0 Å². The Morgan fingerprint density at radius 1 is 1.70 bits per heavy atom. The summed E-state index contributed by atoms with van der Waals surface area (Å²) in [5.74, 6) is 1.55. The van der Waals surface area contributed by atoms with Gasteiger partial charge in [-0.1, -0.05) is 13.3 Å². The normalized spacial score (nSPS) is 9.30. The molecule has 0 bridgehead atoms. The number of rotatable bonds is 5. The standard InChI is InChI=1S/C6H13NO2S/c1-2-3-4-10-5-7-6(8)9/h7H,2-5H2,1H3,(H,8,9). The Kier molecular flexibility index (Phi) is 6.48. The van der Waals surface area contributed by atoms with Gasteiger partial charge >= 0.3 is 6.09 Å². The summed E-state index contributed by atoms with van der Waals surface area (Å²) in [5.41, 5.74) is 0. The van der Waals surface area contributed by atoms with Gasteiger partial charge in [0.25, 0.3) is 0 Å². The lowest BCUT2D eigenvalue weighted by Crippen LogP contribution is -2.19. The van der Waals surface area contributed by atoms with Crippen molar-refractivity contribution in [2.24, 2.45) is 0 Å². The highest BCUT2D eigenvalue weighted by Gasteiger charge is 1.91. The molecule has 0 aromatic heterocycles. The van der Waals surface area contributed by atoms with E-state index in [2.05, 4.69) is 12.2 Å². The molecule has 10 heavy (non-hydrogen) atoms. The molecule has 0 heterocycles. The first-order chi connectivity index (χ1) is 4.77. The summed E-state index contributed by atoms with van der Waals surface area (Å²) in [6.07, 6.45) is 1.38. The number of amides is 1. The minimum atomic E-state index is -0.941. The van der Waals surface area contributed by atoms with Crippen LogP contribution >= 0.6 is 11.8 Å². The molecule has 0 spiro atoms. The van der Waals surface area contributed by atoms with E-state index in [9.17, 15) is 4.79 Å². The second kappa shape index (κ2) is 6.74. The monoisotopic (exact) mass is 163 g/mol. The van der Waals surface area contributed by atoms with Crippen molar-refractivity contribution in [3.63, 3.8) is 0 Å². The van der Waals surface area contributed by atoms with E-state index in [4.69, 9.17) is 5.11 Å². The van der Waals surface area contributed by atoms with Crippen molar-refractivity contribution in [2.75, 3.05) is 11.6 Å². The number of nitrogens with one attached hydrogen (secondary N) is 1. The van der Waals surface area contributed by atoms with E-state index in [0.717, 1.165) is 12.2 Å². The lowest BCUT2D eigenvalue weighted by Gasteiger charge is -1.98. The molecule has 0 aliphatic carbocycles. The first-order valence-corrected chi connectivity index (χ1v) is 4.47. The maximum absolute atomic E-state index is 9.91. The third-order valence-electron chi connectivity index (χ3n) is 0.968. The molecule has 0 aliphatic heterocycles. The summed E-state index contributed by atoms with van der Waals surface area (Å²) in [6, 6.07) is 0. The third kappa shape index (κ3) is 7.62. The Labute approximate surface area is 65.2 Å². The van der Waals surface area contributed by atoms with Crippen molar-refractivity contribution in [3.8, 4) is 0 Å². The molecule has 0 aliphatic rings. The first-order valence-electron chi connectivity index (χ1n) is 3.32. The van der Waals surface area contributed by atoms with E-state index in [1.165, 1.54) is 6.42 Å². The van der Waals surface area contributed by atoms with E-state index in [-0.39, 0.29) is 0 Å². The quantitative estimate of drug-likeness (QED) is 0.479. The van der Waals surface area contributed by atoms with Crippen LogP contribution in [-0.2, 0) is 0 Å². The van der Waals surface area contributed by atoms with E-state index in [1.54, 1.807) is 11.8 Å². The van der Waals surface area contributed by atoms with Crippen LogP contribution in [0.25, 0.3) is 0 Å². The zero-order chi connectivity index (χ0) is 7.82. The topological polar surface area (TPSA) is 49.3 Å². The van der Waals surface area contributed by atoms with Crippen molar-refractivity contribution >= 4 is 17.9 Å². The molecule has 0 radical (unpaired) electrons. The van der Waals surface area contributed by atoms with Crippen molar-refractivity contribution in [1.29, 1.82) is 0 Å². The summed E-state index contributed by atoms with van der Waals surface area (Å²) >= 11 is 1.61. The largest absolute Gasteiger partial charge is 0.465 e. The van der Waals surface area contributed by atoms with Crippen LogP contribution in [0.4, 0.5) is 4.79 Å². The van der Waals surface area contributed by atoms with Crippen LogP contribution in [0, 0.1) is 0 Å². The van der Waals surface area contributed by atoms with Crippen LogP contribution in [0.3, 0.4) is 0 Å². The van der Waals surface area contributed by atoms with E-state index in [0.29, 0.717) is 5.88 Å². The van der Waals surface area contributed by atoms with Crippen molar-refractivity contribution < 1.29 is 9.90 Å². The van der Waals surface area contributed by atoms with Crippen molar-refractivity contribution in [2.45, 2.75) is 19.8 Å². The maximum atomic E-state index is 9.91. The Bertz CT molecular complexity index is 97.7. The maximum Gasteiger partial charge on any atom is 0.405 e. The minimum absolute atomic E-state index is 0.509. The van der Waals surface area contributed by atoms with E-state index >= 15 is 0 Å². The number of thioether (sulfide) groups is 1. The molecule has 2 N–H and O–H groups in total. The molecule has 0 saturated carbocycles. The number of carboxylic acid groups (broad SMARTS) is 1. The lowest BCUT2D eigenvalue weighted by atomic mass is 10.4. The molecule has 0 aromatic carbocycles. The van der Waals surface area contributed by atoms with Gasteiger partial charge < -0.3 is 10.4 Å². The highest BCUT2D eigenvalue weighted by atomic mass is 32.2. The number of carbonyl (C=O) groups is 1. The van der Waals surface area contributed by atoms with Crippen molar-refractivity contribution in [3.05, 3.63) is 0 Å². The zero-order valence-corrected chi connectivity index (χ0v) is 6.91. The highest BCUT2D eigenvalue weighted by molar-refractivity contribution is 7.99. The second-order valence-corrected chi connectivity index (χ2v) is 2.99. The molecule has 0 atom stereocenters. The third-order valence-corrected chi connectivity index (χ3v) is 1.89. The van der Waals surface area contributed by atoms with Gasteiger partial charge in [-0.2, -0.15) is 0 Å². The number of hydrogen-bond acceptors (Lipinski definition) is 2. The molecular weight excluding hydrogens is 150 g/mol. The van der Waals surface area contributed by atoms with Gasteiger partial charge in [-0.3, -0.25) is 0 Å². The molecule has 0 fully saturated rings. The summed E-state index contributed by atoms with van der Waals surface area (Å²) in [5, 5.41) is 10.4. The van der Waals surface area contributed by atoms with Crippen LogP contribution in [0.2, 0.25) is 0 Å². The lowest BCUT2D eigenvalue weighted by molar-refractivity contribution is 0.196. The average Bonchev–Trinajstić information content (AvgIpc) is 1.87. The number of hydrogen-bond donors (Lipinski definition) is 2. The molecule has 60 valence electrons. The Hall–Kier alpha value is -0.380. The van der Waals surface area contributed by atoms with Gasteiger partial charge in [0.1, 0.15) is 0 Å². The smallest absolute Gasteiger partial charge is 0.405 e. The SMILES string of the molecule is CCCCSCNC(=O)O. The van der Waals surface area contributed by atoms with Gasteiger partial charge in [-0.15, -0.1) is 11.8 Å². The van der Waals surface area contributed by atoms with Crippen molar-refractivity contribution in [1.82, 2.24) is 5.32 Å². The van der Waals surface area contributed by atoms with Gasteiger partial charge in [0.05, 0.1) is 5.88 Å². The number of unbranched alkanes of at least 4 members (excludes halogenated alkanes) is 1. The summed E-state index contributed by atoms with van der Waals surface area (Å²) in [7, 11) is 0. The summed E-state index contributed by atoms with van der Waals surface area (Å²) in [6.45, 7) is 2.12. The fourth-order valence-electron chi connectivity index (χ4n) is 0.431. The minimum Gasteiger partial charge on any atom is -0.465 e. The van der Waals surface area contributed by atoms with Gasteiger partial charge in [-0.05, 0) is 12.2 Å². The molecule has 0 saturated heterocycles. The Morgan fingerprint density at radius 2 is 2.40 bits per heavy atom. The predicted octanol–water partition coefficient (Wildman–Crippen LogP) is 1.74. The molecule has 0 rings (SSSR count). The van der Waals surface area contributed by atoms with Gasteiger partial charge in [0, 0.05) is 0 Å². The Morgan fingerprint density at radius 3 is 2.90 bits per heavy atom. The predicted molar refractivity (Wildman–Crippen MR) is 43.4 cm³/mol. The molecule has 3 nitrogen and oxygen atoms in total. The highest BCUT2D eigenvalue weighted by Crippen LogP contribution is 2.01. The first kappa shape index (κ1) is 9.62. The van der Waals surface area contributed by atoms with Crippen LogP contribution < -0.4 is 5.32 Å². The fourth-order valence-corrected chi connectivity index (χ4v) is 1.29. The zero-order valence-electron chi connectivity index (χ0n) is 6.09. The van der Waals surface area contributed by atoms with Crippen LogP contribution in [0.1, 0.15) is 19.8 Å². The molecule has 1 amide bonds. The molecule has 4 heteroatoms. The van der Waals surface area contributed by atoms with Gasteiger partial charge in [0.2, 0.25) is 0 Å². The average molecular weight is 163 g/mol. The van der Waals surface area contributed by atoms with Crippen LogP contribution in [0.15, 0.2) is 0 Å². The van der Waals surface area contributed by atoms with Crippen LogP contribution in [-0.4, -0.2) is 22.8 Å². The van der Waals surface area contributed by atoms with E-state index in [1.807, 2.05) is 0 Å². The van der Waals surface area contributed by atoms with Gasteiger partial charge in [-0.25, -0.2) is 4.79 Å². The summed E-state index contributed by atoms with van der Waals surface area (Å²) < 4.78 is 0. The van der Waals surface area contributed by atoms with Gasteiger partial charge in [0.15, 0.2) is 0 Å². The summed E-state index contributed by atoms with van der Waals surface area (Å²) in [4.78, 5) is 9.91. The fraction of sp³-hybridized carbons (Fsp3) is 0.833. The molecule has 0 unspecified atom stereocenters. The Balaban J connectivity index is 2.84. The molecular formula is C6H13NO2S. The van der Waals surface area contributed by atoms with E-state index < -0.39 is 6.09 Å². The molecule has 0 aromatic rings. The second-order valence-electron chi connectivity index (χ2n) is 1.89.